The molecule has 38 heteroatoms. The van der Waals surface area contributed by atoms with Crippen molar-refractivity contribution in [3.05, 3.63) is 221 Å². The van der Waals surface area contributed by atoms with Crippen LogP contribution in [0.3, 0.4) is 0 Å². The van der Waals surface area contributed by atoms with Crippen LogP contribution in [0.25, 0.3) is 11.0 Å². The van der Waals surface area contributed by atoms with Gasteiger partial charge in [0.15, 0.2) is 11.6 Å². The number of ether oxygens (including phenoxy) is 4. The van der Waals surface area contributed by atoms with Crippen molar-refractivity contribution < 1.29 is 109 Å². The number of carbonyl (C=O) groups is 2. The third-order valence-corrected chi connectivity index (χ3v) is 18.3. The van der Waals surface area contributed by atoms with Crippen molar-refractivity contribution >= 4 is 78.8 Å². The first-order valence-corrected chi connectivity index (χ1v) is 35.7. The maximum absolute atomic E-state index is 14.3. The number of nitro groups is 1. The quantitative estimate of drug-likeness (QED) is 0.00913. The van der Waals surface area contributed by atoms with Gasteiger partial charge in [0.05, 0.1) is 50.3 Å². The van der Waals surface area contributed by atoms with Crippen molar-refractivity contribution in [3.8, 4) is 29.4 Å². The first kappa shape index (κ1) is 90.3. The van der Waals surface area contributed by atoms with Gasteiger partial charge < -0.3 is 87.8 Å². The average Bonchev–Trinajstić information content (AvgIpc) is 1.59. The Morgan fingerprint density at radius 3 is 1.36 bits per heavy atom. The maximum Gasteiger partial charge on any atom is 2.00 e. The third-order valence-electron chi connectivity index (χ3n) is 15.2. The number of aliphatic hydroxyl groups excluding tert-OH is 5. The van der Waals surface area contributed by atoms with Gasteiger partial charge in [-0.2, -0.15) is 51.7 Å². The summed E-state index contributed by atoms with van der Waals surface area (Å²) in [4.78, 5) is 44.2. The van der Waals surface area contributed by atoms with Gasteiger partial charge in [-0.3, -0.25) is 33.3 Å². The Morgan fingerprint density at radius 1 is 0.651 bits per heavy atom. The molecule has 9 aromatic rings. The molecular weight excluding hydrogens is 1500 g/mol. The van der Waals surface area contributed by atoms with Crippen LogP contribution in [-0.4, -0.2) is 176 Å². The molecule has 11 rings (SSSR count). The number of aromatic nitrogens is 6. The number of non-ortho nitro benzene ring substituents is 1. The second kappa shape index (κ2) is 42.6. The zero-order valence-electron chi connectivity index (χ0n) is 61.0. The molecule has 0 bridgehead atoms. The molecule has 0 amide bonds. The van der Waals surface area contributed by atoms with E-state index in [1.54, 1.807) is 125 Å². The van der Waals surface area contributed by atoms with Gasteiger partial charge in [-0.15, -0.1) is 0 Å². The molecule has 0 saturated carbocycles. The molecule has 6 heterocycles. The second-order valence-corrected chi connectivity index (χ2v) is 27.9. The molecule has 2 aliphatic rings. The SMILES string of the molecule is CC(C)OC(=O)[C@H](Cc1ccccc1)NP(=O)(OC[C@H]1O[C@@](C#N)(c2ccc3c(N)ncnn23)[C@H](O)[C@@H]1O)Oc1ccccc1.CC(C)OC(=O)[C@H](Cc1ccccc1)NP(=O)(Oc1ccccc1)Oc1ccc([N+](=O)[O-])cc1.C[C-](C)C.F.N#C[C@@]1(c2ccc3c(N)ncnn23)O[C@H](CO)[C@@H](O)[C@H]1O.[2H]CF.[Cl-].[Mg+2]. The first-order valence-electron chi connectivity index (χ1n) is 33.3. The summed E-state index contributed by atoms with van der Waals surface area (Å²) in [6.45, 7) is 11.9. The van der Waals surface area contributed by atoms with Gasteiger partial charge in [-0.1, -0.05) is 97.1 Å². The summed E-state index contributed by atoms with van der Waals surface area (Å²) >= 11 is 0. The Kier molecular flexibility index (Phi) is 35.2. The third kappa shape index (κ3) is 24.1. The molecule has 2 fully saturated rings. The number of nitrogens with one attached hydrogen (secondary N) is 2. The summed E-state index contributed by atoms with van der Waals surface area (Å²) in [7, 11) is -9.65. The number of fused-ring (bicyclic) bond motifs is 2. The average molecular weight is 1580 g/mol. The molecule has 2 aliphatic heterocycles. The molecule has 0 radical (unpaired) electrons. The summed E-state index contributed by atoms with van der Waals surface area (Å²) < 4.78 is 91.4. The van der Waals surface area contributed by atoms with E-state index in [0.29, 0.717) is 11.0 Å². The number of carbonyl (C=O) groups excluding carboxylic acids is 2. The van der Waals surface area contributed by atoms with E-state index in [4.69, 9.17) is 49.9 Å². The van der Waals surface area contributed by atoms with E-state index in [0.717, 1.165) is 11.1 Å². The Bertz CT molecular complexity index is 4560. The zero-order chi connectivity index (χ0) is 78.2. The van der Waals surface area contributed by atoms with Crippen LogP contribution < -0.4 is 47.6 Å². The minimum absolute atomic E-state index is 0. The van der Waals surface area contributed by atoms with Gasteiger partial charge in [-0.25, -0.2) is 28.1 Å². The number of rotatable bonds is 25. The van der Waals surface area contributed by atoms with E-state index in [1.165, 1.54) is 64.0 Å². The minimum atomic E-state index is -4.44. The van der Waals surface area contributed by atoms with E-state index in [-0.39, 0.29) is 99.0 Å². The van der Waals surface area contributed by atoms with E-state index < -0.39 is 125 Å². The minimum Gasteiger partial charge on any atom is -1.00 e. The number of hydrogen-bond acceptors (Lipinski definition) is 27. The Hall–Kier alpha value is -9.36. The largest absolute Gasteiger partial charge is 2.00 e. The molecule has 109 heavy (non-hydrogen) atoms. The molecule has 0 spiro atoms. The number of anilines is 2. The van der Waals surface area contributed by atoms with Crippen LogP contribution in [0.15, 0.2) is 183 Å². The van der Waals surface area contributed by atoms with Crippen LogP contribution in [0.1, 0.15) is 72.4 Å². The molecule has 2 unspecified atom stereocenters. The van der Waals surface area contributed by atoms with Gasteiger partial charge in [0.25, 0.3) is 5.69 Å². The summed E-state index contributed by atoms with van der Waals surface area (Å²) in [6, 6.07) is 47.4. The fraction of sp³-hybridized carbons (Fsp3) is 0.338. The molecule has 11 N–H and O–H groups in total. The predicted molar refractivity (Wildman–Crippen MR) is 391 cm³/mol. The fourth-order valence-electron chi connectivity index (χ4n) is 10.5. The Balaban J connectivity index is 0.000000346. The molecule has 2 saturated heterocycles. The van der Waals surface area contributed by atoms with Gasteiger partial charge in [-0.05, 0) is 112 Å². The van der Waals surface area contributed by atoms with Gasteiger partial charge >= 0.3 is 50.5 Å². The van der Waals surface area contributed by atoms with Crippen molar-refractivity contribution in [2.45, 2.75) is 133 Å². The number of nitrogens with zero attached hydrogens (tertiary/aromatic N) is 9. The molecule has 32 nitrogen and oxygen atoms in total. The van der Waals surface area contributed by atoms with Crippen LogP contribution in [-0.2, 0) is 66.2 Å². The maximum atomic E-state index is 14.3. The van der Waals surface area contributed by atoms with E-state index in [2.05, 4.69) is 51.1 Å². The number of para-hydroxylation sites is 2. The number of esters is 2. The van der Waals surface area contributed by atoms with Crippen LogP contribution in [0.4, 0.5) is 26.4 Å². The van der Waals surface area contributed by atoms with Crippen LogP contribution in [0.2, 0.25) is 0 Å². The number of alkyl halides is 1. The van der Waals surface area contributed by atoms with Crippen molar-refractivity contribution in [1.82, 2.24) is 39.4 Å². The second-order valence-electron chi connectivity index (χ2n) is 24.5. The number of aliphatic hydroxyl groups is 5. The van der Waals surface area contributed by atoms with E-state index in [9.17, 15) is 69.3 Å². The van der Waals surface area contributed by atoms with Crippen LogP contribution >= 0.6 is 15.5 Å². The number of benzene rings is 5. The van der Waals surface area contributed by atoms with E-state index >= 15 is 0 Å². The number of nitrogen functional groups attached to an aromatic ring is 2. The standard InChI is InChI=1S/C30H33N6O8P.C24H25N2O7P.C12H13N5O4.C4H9.CH3F.ClH.FH.Mg/c1-19(2)42-29(39)22(15-20-9-5-3-6-10-20)35-45(40,44-21-11-7-4-8-12-21)41-16-24-26(37)27(38)30(17-31,43-24)25-14-13-23-28(32)33-18-34-36(23)25;1-18(2)31-24(27)23(17-19-9-5-3-6-10-19)25-34(30,32-21-11-7-4-8-12-21)33-22-15-13-20(14-16-22)26(28)29;13-4-12(10(20)9(19)7(3-18)21-12)8-2-1-6-11(14)15-5-16-17(6)8;1-4(2)3;1-2;;;/h3-14,18-19,22,24,26-27,37-38H,15-16H2,1-2H3,(H,35,40)(H2,32,33,34);3-16,18,23H,17H2,1-2H3,(H,25,30);1-2,5,7,9-10,18-20H,3H2,(H2,14,15,16);1-3H3;1H3;2*1H;/q;;;-1;;;;+2/p-1/t22-,24+,26+,27+,30-,45?;23-,34?;7-,9-,10-,12+;;;;;/m001...../s1/i;;;;1D;;;. The number of nitro benzene ring substituents is 1. The smallest absolute Gasteiger partial charge is 1.00 e. The summed E-state index contributed by atoms with van der Waals surface area (Å²) in [5.41, 5.74) is 10.2. The molecular formula is C71H84ClF2MgN13O19P2. The molecule has 5 aromatic carbocycles. The van der Waals surface area contributed by atoms with Gasteiger partial charge in [0.2, 0.25) is 11.2 Å². The normalized spacial score (nSPS) is 20.6. The topological polar surface area (TPSA) is 470 Å². The molecule has 12 atom stereocenters. The number of hydrogen-bond donors (Lipinski definition) is 9. The fourth-order valence-corrected chi connectivity index (χ4v) is 13.5. The zero-order valence-corrected chi connectivity index (χ0v) is 64.0. The van der Waals surface area contributed by atoms with Crippen molar-refractivity contribution in [2.75, 3.05) is 31.8 Å². The number of halogens is 3. The first-order chi connectivity index (χ1) is 51.0. The summed E-state index contributed by atoms with van der Waals surface area (Å²) in [6.07, 6.45) is -7.00. The van der Waals surface area contributed by atoms with Crippen LogP contribution in [0.5, 0.6) is 17.2 Å². The van der Waals surface area contributed by atoms with E-state index in [1.807, 2.05) is 48.5 Å². The van der Waals surface area contributed by atoms with Gasteiger partial charge in [0, 0.05) is 12.1 Å². The van der Waals surface area contributed by atoms with Crippen LogP contribution in [0, 0.1) is 38.7 Å². The monoisotopic (exact) mass is 1580 g/mol. The van der Waals surface area contributed by atoms with Crippen molar-refractivity contribution in [3.63, 3.8) is 0 Å². The number of nitrogens with two attached hydrogens (primary N) is 2. The van der Waals surface area contributed by atoms with Crippen molar-refractivity contribution in [2.24, 2.45) is 0 Å². The molecule has 4 aromatic heterocycles. The molecule has 580 valence electrons. The number of nitriles is 2. The Morgan fingerprint density at radius 2 is 1.00 bits per heavy atom. The van der Waals surface area contributed by atoms with Gasteiger partial charge in [0.1, 0.15) is 102 Å². The summed E-state index contributed by atoms with van der Waals surface area (Å²) in [5, 5.41) is 95.6. The Labute approximate surface area is 650 Å². The molecule has 0 aliphatic carbocycles. The predicted octanol–water partition coefficient (Wildman–Crippen LogP) is 4.95. The van der Waals surface area contributed by atoms with Crippen molar-refractivity contribution in [1.29, 1.82) is 10.5 Å². The summed E-state index contributed by atoms with van der Waals surface area (Å²) in [5.74, 6) is 0.915.